The highest BCUT2D eigenvalue weighted by atomic mass is 19.4. The number of carbonyl (C=O) groups is 2. The van der Waals surface area contributed by atoms with Gasteiger partial charge in [-0.15, -0.1) is 0 Å². The van der Waals surface area contributed by atoms with E-state index in [1.807, 2.05) is 11.8 Å². The first-order chi connectivity index (χ1) is 20.4. The number of nitrogens with zero attached hydrogens (tertiary/aromatic N) is 5. The SMILES string of the molecule is CC1CCCN(c2nc(C(F)(F)F)c(C(=O)Nc3ccc(N4CCN(C(=O)C(O)c5ccc(F)c(F)c5)CC4)nc3)o2)C1. The molecule has 2 aliphatic rings. The summed E-state index contributed by atoms with van der Waals surface area (Å²) in [5.74, 6) is -4.22. The molecule has 2 aromatic heterocycles. The number of pyridine rings is 1. The summed E-state index contributed by atoms with van der Waals surface area (Å²) < 4.78 is 73.1. The van der Waals surface area contributed by atoms with Crippen molar-refractivity contribution in [1.29, 1.82) is 0 Å². The number of hydrogen-bond donors (Lipinski definition) is 2. The van der Waals surface area contributed by atoms with Gasteiger partial charge in [0.15, 0.2) is 23.4 Å². The molecule has 0 saturated carbocycles. The molecule has 2 saturated heterocycles. The van der Waals surface area contributed by atoms with Gasteiger partial charge in [-0.05, 0) is 48.6 Å². The van der Waals surface area contributed by atoms with Gasteiger partial charge < -0.3 is 29.5 Å². The topological polar surface area (TPSA) is 115 Å². The molecule has 43 heavy (non-hydrogen) atoms. The maximum Gasteiger partial charge on any atom is 0.437 e. The van der Waals surface area contributed by atoms with Crippen LogP contribution in [0.25, 0.3) is 0 Å². The number of carbonyl (C=O) groups excluding carboxylic acids is 2. The molecule has 2 fully saturated rings. The first-order valence-corrected chi connectivity index (χ1v) is 13.7. The monoisotopic (exact) mass is 608 g/mol. The molecule has 2 aliphatic heterocycles. The Labute approximate surface area is 243 Å². The zero-order valence-corrected chi connectivity index (χ0v) is 23.1. The lowest BCUT2D eigenvalue weighted by Gasteiger charge is -2.36. The van der Waals surface area contributed by atoms with Crippen LogP contribution in [0.1, 0.15) is 47.7 Å². The first-order valence-electron chi connectivity index (χ1n) is 13.7. The van der Waals surface area contributed by atoms with E-state index < -0.39 is 47.2 Å². The normalized spacial score (nSPS) is 18.5. The van der Waals surface area contributed by atoms with E-state index in [9.17, 15) is 36.6 Å². The van der Waals surface area contributed by atoms with Crippen LogP contribution in [0.15, 0.2) is 40.9 Å². The summed E-state index contributed by atoms with van der Waals surface area (Å²) in [7, 11) is 0. The third kappa shape index (κ3) is 6.71. The van der Waals surface area contributed by atoms with Gasteiger partial charge in [0.1, 0.15) is 5.82 Å². The minimum Gasteiger partial charge on any atom is -0.417 e. The minimum absolute atomic E-state index is 0.0596. The highest BCUT2D eigenvalue weighted by Crippen LogP contribution is 2.35. The van der Waals surface area contributed by atoms with Crippen molar-refractivity contribution in [2.24, 2.45) is 5.92 Å². The van der Waals surface area contributed by atoms with Gasteiger partial charge in [-0.2, -0.15) is 18.2 Å². The van der Waals surface area contributed by atoms with E-state index in [1.54, 1.807) is 11.0 Å². The molecule has 2 amide bonds. The Kier molecular flexibility index (Phi) is 8.53. The summed E-state index contributed by atoms with van der Waals surface area (Å²) in [6.07, 6.45) is -3.54. The third-order valence-electron chi connectivity index (χ3n) is 7.43. The number of anilines is 3. The quantitative estimate of drug-likeness (QED) is 0.400. The predicted molar refractivity (Wildman–Crippen MR) is 144 cm³/mol. The molecule has 15 heteroatoms. The Morgan fingerprint density at radius 1 is 1.05 bits per heavy atom. The summed E-state index contributed by atoms with van der Waals surface area (Å²) in [6.45, 7) is 4.02. The number of benzene rings is 1. The number of aliphatic hydroxyl groups excluding tert-OH is 1. The standard InChI is InChI=1S/C28H29F5N6O4/c1-16-3-2-8-39(15-16)27-36-24(28(31,32)33)23(43-27)25(41)35-18-5-7-21(34-14-18)37-9-11-38(12-10-37)26(42)22(40)17-4-6-19(29)20(30)13-17/h4-7,13-14,16,22,40H,2-3,8-12,15H2,1H3,(H,35,41). The molecule has 0 radical (unpaired) electrons. The van der Waals surface area contributed by atoms with Crippen molar-refractivity contribution in [3.8, 4) is 0 Å². The van der Waals surface area contributed by atoms with Crippen LogP contribution in [0, 0.1) is 17.6 Å². The number of piperazine rings is 1. The number of aromatic nitrogens is 2. The van der Waals surface area contributed by atoms with Crippen LogP contribution in [0.3, 0.4) is 0 Å². The van der Waals surface area contributed by atoms with Crippen molar-refractivity contribution in [2.75, 3.05) is 54.4 Å². The van der Waals surface area contributed by atoms with Gasteiger partial charge in [-0.3, -0.25) is 9.59 Å². The average Bonchev–Trinajstić information content (AvgIpc) is 3.45. The Morgan fingerprint density at radius 3 is 2.42 bits per heavy atom. The second kappa shape index (κ2) is 12.1. The number of halogens is 5. The lowest BCUT2D eigenvalue weighted by atomic mass is 10.0. The fourth-order valence-electron chi connectivity index (χ4n) is 5.14. The van der Waals surface area contributed by atoms with Gasteiger partial charge in [-0.25, -0.2) is 13.8 Å². The third-order valence-corrected chi connectivity index (χ3v) is 7.43. The van der Waals surface area contributed by atoms with Crippen molar-refractivity contribution >= 4 is 29.3 Å². The van der Waals surface area contributed by atoms with Crippen molar-refractivity contribution in [1.82, 2.24) is 14.9 Å². The fourth-order valence-corrected chi connectivity index (χ4v) is 5.14. The largest absolute Gasteiger partial charge is 0.437 e. The van der Waals surface area contributed by atoms with Crippen LogP contribution in [0.5, 0.6) is 0 Å². The summed E-state index contributed by atoms with van der Waals surface area (Å²) in [6, 6.07) is 5.55. The van der Waals surface area contributed by atoms with E-state index in [2.05, 4.69) is 15.3 Å². The van der Waals surface area contributed by atoms with Crippen molar-refractivity contribution in [3.05, 3.63) is 65.2 Å². The predicted octanol–water partition coefficient (Wildman–Crippen LogP) is 4.24. The summed E-state index contributed by atoms with van der Waals surface area (Å²) in [4.78, 5) is 38.2. The number of amides is 2. The molecule has 2 atom stereocenters. The highest BCUT2D eigenvalue weighted by Gasteiger charge is 2.42. The lowest BCUT2D eigenvalue weighted by Crippen LogP contribution is -2.50. The van der Waals surface area contributed by atoms with Crippen LogP contribution < -0.4 is 15.1 Å². The van der Waals surface area contributed by atoms with Crippen LogP contribution in [0.2, 0.25) is 0 Å². The van der Waals surface area contributed by atoms with Gasteiger partial charge in [0, 0.05) is 39.3 Å². The number of nitrogens with one attached hydrogen (secondary N) is 1. The Bertz CT molecular complexity index is 1470. The van der Waals surface area contributed by atoms with E-state index in [-0.39, 0.29) is 36.3 Å². The van der Waals surface area contributed by atoms with Crippen molar-refractivity contribution in [2.45, 2.75) is 32.0 Å². The zero-order valence-electron chi connectivity index (χ0n) is 23.1. The van der Waals surface area contributed by atoms with Gasteiger partial charge in [0.05, 0.1) is 11.9 Å². The molecule has 1 aromatic carbocycles. The first kappa shape index (κ1) is 30.2. The molecule has 0 bridgehead atoms. The minimum atomic E-state index is -4.90. The molecule has 10 nitrogen and oxygen atoms in total. The van der Waals surface area contributed by atoms with E-state index >= 15 is 0 Å². The van der Waals surface area contributed by atoms with Crippen molar-refractivity contribution in [3.63, 3.8) is 0 Å². The fraction of sp³-hybridized carbons (Fsp3) is 0.429. The molecule has 230 valence electrons. The molecule has 5 rings (SSSR count). The second-order valence-electron chi connectivity index (χ2n) is 10.6. The Balaban J connectivity index is 1.20. The van der Waals surface area contributed by atoms with E-state index in [4.69, 9.17) is 4.42 Å². The van der Waals surface area contributed by atoms with E-state index in [0.29, 0.717) is 32.0 Å². The second-order valence-corrected chi connectivity index (χ2v) is 10.6. The number of alkyl halides is 3. The van der Waals surface area contributed by atoms with Gasteiger partial charge in [0.2, 0.25) is 5.76 Å². The smallest absolute Gasteiger partial charge is 0.417 e. The maximum atomic E-state index is 13.7. The number of rotatable bonds is 6. The molecular formula is C28H29F5N6O4. The maximum absolute atomic E-state index is 13.7. The van der Waals surface area contributed by atoms with E-state index in [1.165, 1.54) is 17.2 Å². The van der Waals surface area contributed by atoms with E-state index in [0.717, 1.165) is 31.0 Å². The average molecular weight is 609 g/mol. The van der Waals surface area contributed by atoms with Crippen LogP contribution in [-0.4, -0.2) is 71.1 Å². The summed E-state index contributed by atoms with van der Waals surface area (Å²) >= 11 is 0. The van der Waals surface area contributed by atoms with Gasteiger partial charge in [-0.1, -0.05) is 13.0 Å². The number of hydrogen-bond acceptors (Lipinski definition) is 8. The zero-order chi connectivity index (χ0) is 30.9. The van der Waals surface area contributed by atoms with Crippen LogP contribution in [0.4, 0.5) is 39.5 Å². The molecule has 2 unspecified atom stereocenters. The lowest BCUT2D eigenvalue weighted by molar-refractivity contribution is -0.142. The molecule has 3 aromatic rings. The molecule has 0 spiro atoms. The molecular weight excluding hydrogens is 579 g/mol. The van der Waals surface area contributed by atoms with Crippen LogP contribution >= 0.6 is 0 Å². The van der Waals surface area contributed by atoms with Crippen molar-refractivity contribution < 1.29 is 41.1 Å². The number of piperidine rings is 1. The van der Waals surface area contributed by atoms with Crippen LogP contribution in [-0.2, 0) is 11.0 Å². The molecule has 0 aliphatic carbocycles. The summed E-state index contributed by atoms with van der Waals surface area (Å²) in [5, 5.41) is 12.7. The molecule has 4 heterocycles. The molecule has 2 N–H and O–H groups in total. The number of aliphatic hydroxyl groups is 1. The van der Waals surface area contributed by atoms with Gasteiger partial charge in [0.25, 0.3) is 17.8 Å². The number of oxazole rings is 1. The Morgan fingerprint density at radius 2 is 1.79 bits per heavy atom. The Hall–Kier alpha value is -4.27. The summed E-state index contributed by atoms with van der Waals surface area (Å²) in [5.41, 5.74) is -1.32. The highest BCUT2D eigenvalue weighted by molar-refractivity contribution is 6.03. The van der Waals surface area contributed by atoms with Gasteiger partial charge >= 0.3 is 6.18 Å².